The molecule has 36 heavy (non-hydrogen) atoms. The molecule has 0 atom stereocenters. The zero-order valence-electron chi connectivity index (χ0n) is 19.4. The van der Waals surface area contributed by atoms with E-state index in [-0.39, 0.29) is 5.56 Å². The molecule has 0 N–H and O–H groups in total. The molecule has 0 saturated carbocycles. The lowest BCUT2D eigenvalue weighted by Gasteiger charge is -2.07. The molecule has 4 aromatic heterocycles. The minimum Gasteiger partial charge on any atom is -0.497 e. The molecule has 0 saturated heterocycles. The van der Waals surface area contributed by atoms with Crippen molar-refractivity contribution in [3.05, 3.63) is 101 Å². The molecule has 0 unspecified atom stereocenters. The molecule has 0 radical (unpaired) electrons. The van der Waals surface area contributed by atoms with Crippen LogP contribution < -0.4 is 10.3 Å². The van der Waals surface area contributed by atoms with Gasteiger partial charge in [-0.2, -0.15) is 9.78 Å². The summed E-state index contributed by atoms with van der Waals surface area (Å²) >= 11 is 0. The van der Waals surface area contributed by atoms with Gasteiger partial charge in [-0.05, 0) is 53.9 Å². The topological polar surface area (TPSA) is 100 Å². The fourth-order valence-corrected chi connectivity index (χ4v) is 4.14. The molecular formula is C27H21N7O2. The molecule has 9 heteroatoms. The van der Waals surface area contributed by atoms with Gasteiger partial charge in [0, 0.05) is 18.9 Å². The van der Waals surface area contributed by atoms with Crippen molar-refractivity contribution in [1.82, 2.24) is 29.2 Å². The summed E-state index contributed by atoms with van der Waals surface area (Å²) in [5, 5.41) is 5.01. The summed E-state index contributed by atoms with van der Waals surface area (Å²) in [6, 6.07) is 19.1. The fourth-order valence-electron chi connectivity index (χ4n) is 4.14. The van der Waals surface area contributed by atoms with Crippen LogP contribution in [0.1, 0.15) is 11.1 Å². The van der Waals surface area contributed by atoms with Gasteiger partial charge in [0.25, 0.3) is 5.56 Å². The molecular weight excluding hydrogens is 454 g/mol. The van der Waals surface area contributed by atoms with E-state index in [9.17, 15) is 4.79 Å². The van der Waals surface area contributed by atoms with Crippen LogP contribution in [0, 0.1) is 0 Å². The largest absolute Gasteiger partial charge is 0.497 e. The van der Waals surface area contributed by atoms with E-state index in [0.717, 1.165) is 16.9 Å². The van der Waals surface area contributed by atoms with Gasteiger partial charge >= 0.3 is 0 Å². The van der Waals surface area contributed by atoms with Gasteiger partial charge in [0.15, 0.2) is 11.3 Å². The van der Waals surface area contributed by atoms with E-state index in [1.54, 1.807) is 41.3 Å². The molecule has 0 fully saturated rings. The number of pyridine rings is 1. The number of aromatic nitrogens is 6. The average molecular weight is 476 g/mol. The maximum absolute atomic E-state index is 13.6. The van der Waals surface area contributed by atoms with E-state index in [4.69, 9.17) is 14.7 Å². The second-order valence-corrected chi connectivity index (χ2v) is 8.26. The van der Waals surface area contributed by atoms with Gasteiger partial charge in [-0.1, -0.05) is 24.3 Å². The molecule has 0 aliphatic rings. The zero-order chi connectivity index (χ0) is 24.5. The third-order valence-corrected chi connectivity index (χ3v) is 6.04. The smallest absolute Gasteiger partial charge is 0.265 e. The van der Waals surface area contributed by atoms with Gasteiger partial charge in [0.1, 0.15) is 16.7 Å². The number of para-hydroxylation sites is 2. The van der Waals surface area contributed by atoms with E-state index in [1.165, 1.54) is 0 Å². The molecule has 6 aromatic rings. The molecule has 0 spiro atoms. The summed E-state index contributed by atoms with van der Waals surface area (Å²) in [4.78, 5) is 31.9. The summed E-state index contributed by atoms with van der Waals surface area (Å²) in [6.07, 6.45) is 7.31. The number of ether oxygens (including phenoxy) is 1. The van der Waals surface area contributed by atoms with E-state index in [1.807, 2.05) is 60.7 Å². The standard InChI is InChI=1S/C27H21N7O2/c1-36-20-8-6-18(7-9-20)12-15-33-17-29-25-23(27(33)35)24-26(32-22-5-3-2-4-21(22)31-24)34(25)30-16-19-10-13-28-14-11-19/h2-11,13-14,16-17H,12,15H2,1H3. The van der Waals surface area contributed by atoms with E-state index >= 15 is 0 Å². The van der Waals surface area contributed by atoms with Gasteiger partial charge in [0.05, 0.1) is 30.7 Å². The monoisotopic (exact) mass is 475 g/mol. The number of aryl methyl sites for hydroxylation is 2. The van der Waals surface area contributed by atoms with Crippen LogP contribution in [0.2, 0.25) is 0 Å². The number of rotatable bonds is 6. The fraction of sp³-hybridized carbons (Fsp3) is 0.111. The maximum Gasteiger partial charge on any atom is 0.265 e. The Morgan fingerprint density at radius 1 is 0.944 bits per heavy atom. The molecule has 6 rings (SSSR count). The lowest BCUT2D eigenvalue weighted by molar-refractivity contribution is 0.414. The van der Waals surface area contributed by atoms with E-state index in [0.29, 0.717) is 46.2 Å². The SMILES string of the molecule is COc1ccc(CCn2cnc3c(c2=O)c2nc4ccccc4nc2n3N=Cc2ccncc2)cc1. The van der Waals surface area contributed by atoms with Crippen LogP contribution in [-0.2, 0) is 13.0 Å². The van der Waals surface area contributed by atoms with Crippen LogP contribution in [0.3, 0.4) is 0 Å². The molecule has 0 aliphatic carbocycles. The summed E-state index contributed by atoms with van der Waals surface area (Å²) in [7, 11) is 1.64. The zero-order valence-corrected chi connectivity index (χ0v) is 19.4. The van der Waals surface area contributed by atoms with Crippen LogP contribution in [0.4, 0.5) is 0 Å². The Bertz CT molecular complexity index is 1790. The first kappa shape index (κ1) is 21.6. The number of nitrogens with zero attached hydrogens (tertiary/aromatic N) is 7. The first-order chi connectivity index (χ1) is 17.7. The van der Waals surface area contributed by atoms with Gasteiger partial charge in [0.2, 0.25) is 0 Å². The van der Waals surface area contributed by atoms with Crippen molar-refractivity contribution >= 4 is 39.4 Å². The highest BCUT2D eigenvalue weighted by molar-refractivity contribution is 6.04. The Balaban J connectivity index is 1.49. The van der Waals surface area contributed by atoms with Gasteiger partial charge in [-0.3, -0.25) is 14.3 Å². The minimum atomic E-state index is -0.180. The van der Waals surface area contributed by atoms with Crippen molar-refractivity contribution in [2.75, 3.05) is 7.11 Å². The highest BCUT2D eigenvalue weighted by Gasteiger charge is 2.19. The lowest BCUT2D eigenvalue weighted by atomic mass is 10.1. The Hall–Kier alpha value is -4.92. The predicted molar refractivity (Wildman–Crippen MR) is 139 cm³/mol. The van der Waals surface area contributed by atoms with Crippen LogP contribution in [0.15, 0.2) is 89.3 Å². The number of methoxy groups -OCH3 is 1. The number of benzene rings is 2. The van der Waals surface area contributed by atoms with E-state index < -0.39 is 0 Å². The third-order valence-electron chi connectivity index (χ3n) is 6.04. The van der Waals surface area contributed by atoms with Crippen LogP contribution in [-0.4, -0.2) is 42.5 Å². The van der Waals surface area contributed by atoms with Crippen molar-refractivity contribution in [3.63, 3.8) is 0 Å². The van der Waals surface area contributed by atoms with Crippen molar-refractivity contribution in [2.45, 2.75) is 13.0 Å². The molecule has 9 nitrogen and oxygen atoms in total. The first-order valence-corrected chi connectivity index (χ1v) is 11.4. The molecule has 0 amide bonds. The lowest BCUT2D eigenvalue weighted by Crippen LogP contribution is -2.21. The summed E-state index contributed by atoms with van der Waals surface area (Å²) in [6.45, 7) is 0.474. The normalized spacial score (nSPS) is 11.7. The van der Waals surface area contributed by atoms with Gasteiger partial charge in [-0.15, -0.1) is 0 Å². The van der Waals surface area contributed by atoms with Crippen molar-refractivity contribution < 1.29 is 4.74 Å². The average Bonchev–Trinajstić information content (AvgIpc) is 3.24. The quantitative estimate of drug-likeness (QED) is 0.340. The third kappa shape index (κ3) is 3.86. The van der Waals surface area contributed by atoms with Crippen molar-refractivity contribution in [2.24, 2.45) is 5.10 Å². The predicted octanol–water partition coefficient (Wildman–Crippen LogP) is 3.82. The summed E-state index contributed by atoms with van der Waals surface area (Å²) in [5.74, 6) is 0.796. The van der Waals surface area contributed by atoms with Crippen LogP contribution in [0.5, 0.6) is 5.75 Å². The first-order valence-electron chi connectivity index (χ1n) is 11.4. The molecule has 4 heterocycles. The number of hydrogen-bond donors (Lipinski definition) is 0. The molecule has 176 valence electrons. The Labute approximate surface area is 205 Å². The van der Waals surface area contributed by atoms with Gasteiger partial charge in [-0.25, -0.2) is 15.0 Å². The maximum atomic E-state index is 13.6. The Kier molecular flexibility index (Phi) is 5.42. The van der Waals surface area contributed by atoms with Crippen molar-refractivity contribution in [3.8, 4) is 5.75 Å². The molecule has 0 aliphatic heterocycles. The minimum absolute atomic E-state index is 0.180. The molecule has 0 bridgehead atoms. The van der Waals surface area contributed by atoms with Crippen LogP contribution >= 0.6 is 0 Å². The van der Waals surface area contributed by atoms with E-state index in [2.05, 4.69) is 15.1 Å². The Morgan fingerprint density at radius 3 is 2.44 bits per heavy atom. The molecule has 2 aromatic carbocycles. The Morgan fingerprint density at radius 2 is 1.69 bits per heavy atom. The second kappa shape index (κ2) is 9.03. The summed E-state index contributed by atoms with van der Waals surface area (Å²) in [5.41, 5.74) is 4.57. The van der Waals surface area contributed by atoms with Gasteiger partial charge < -0.3 is 4.74 Å². The highest BCUT2D eigenvalue weighted by Crippen LogP contribution is 2.25. The second-order valence-electron chi connectivity index (χ2n) is 8.26. The number of fused-ring (bicyclic) bond motifs is 4. The highest BCUT2D eigenvalue weighted by atomic mass is 16.5. The van der Waals surface area contributed by atoms with Crippen LogP contribution in [0.25, 0.3) is 33.2 Å². The summed E-state index contributed by atoms with van der Waals surface area (Å²) < 4.78 is 8.42. The van der Waals surface area contributed by atoms with Crippen molar-refractivity contribution in [1.29, 1.82) is 0 Å². The number of hydrogen-bond acceptors (Lipinski definition) is 7.